The highest BCUT2D eigenvalue weighted by Crippen LogP contribution is 2.17. The van der Waals surface area contributed by atoms with Crippen molar-refractivity contribution in [2.45, 2.75) is 19.5 Å². The summed E-state index contributed by atoms with van der Waals surface area (Å²) < 4.78 is 0. The van der Waals surface area contributed by atoms with Gasteiger partial charge in [0.25, 0.3) is 5.91 Å². The number of hydrogen-bond acceptors (Lipinski definition) is 3. The van der Waals surface area contributed by atoms with Gasteiger partial charge >= 0.3 is 0 Å². The number of thiocarbonyl (C=S) groups is 1. The predicted octanol–water partition coefficient (Wildman–Crippen LogP) is 2.34. The van der Waals surface area contributed by atoms with Crippen molar-refractivity contribution in [3.05, 3.63) is 65.7 Å². The smallest absolute Gasteiger partial charge is 0.265 e. The van der Waals surface area contributed by atoms with Gasteiger partial charge in [0.1, 0.15) is 0 Å². The number of nitrogens with one attached hydrogen (secondary N) is 3. The van der Waals surface area contributed by atoms with Gasteiger partial charge in [-0.15, -0.1) is 0 Å². The zero-order valence-electron chi connectivity index (χ0n) is 13.5. The topological polar surface area (TPSA) is 56.4 Å². The highest BCUT2D eigenvalue weighted by atomic mass is 32.1. The minimum absolute atomic E-state index is 0.0909. The molecule has 2 aromatic carbocycles. The van der Waals surface area contributed by atoms with Gasteiger partial charge in [-0.05, 0) is 43.4 Å². The lowest BCUT2D eigenvalue weighted by Crippen LogP contribution is -2.60. The van der Waals surface area contributed by atoms with Gasteiger partial charge in [0.05, 0.1) is 6.17 Å². The Morgan fingerprint density at radius 3 is 2.54 bits per heavy atom. The van der Waals surface area contributed by atoms with Crippen molar-refractivity contribution < 1.29 is 4.79 Å². The molecule has 0 bridgehead atoms. The summed E-state index contributed by atoms with van der Waals surface area (Å²) in [5.74, 6) is -0.159. The van der Waals surface area contributed by atoms with E-state index < -0.39 is 0 Å². The molecule has 24 heavy (non-hydrogen) atoms. The summed E-state index contributed by atoms with van der Waals surface area (Å²) in [6, 6.07) is 17.5. The third-order valence-electron chi connectivity index (χ3n) is 3.93. The molecule has 1 fully saturated rings. The second-order valence-corrected chi connectivity index (χ2v) is 6.13. The Morgan fingerprint density at radius 1 is 1.17 bits per heavy atom. The fourth-order valence-corrected chi connectivity index (χ4v) is 2.89. The molecule has 1 aliphatic heterocycles. The molecule has 0 spiro atoms. The maximum atomic E-state index is 12.1. The third kappa shape index (κ3) is 3.90. The summed E-state index contributed by atoms with van der Waals surface area (Å²) in [4.78, 5) is 14.2. The number of hydrogen-bond donors (Lipinski definition) is 3. The van der Waals surface area contributed by atoms with Gasteiger partial charge in [-0.25, -0.2) is 5.43 Å². The monoisotopic (exact) mass is 340 g/mol. The summed E-state index contributed by atoms with van der Waals surface area (Å²) in [6.45, 7) is 2.78. The molecule has 1 atom stereocenters. The number of aryl methyl sites for hydroxylation is 1. The largest absolute Gasteiger partial charge is 0.345 e. The average Bonchev–Trinajstić information content (AvgIpc) is 2.61. The normalized spacial score (nSPS) is 17.3. The van der Waals surface area contributed by atoms with E-state index in [-0.39, 0.29) is 12.1 Å². The Bertz CT molecular complexity index is 718. The molecule has 1 unspecified atom stereocenters. The molecule has 1 saturated heterocycles. The summed E-state index contributed by atoms with van der Waals surface area (Å²) in [5.41, 5.74) is 8.56. The number of para-hydroxylation sites is 1. The molecule has 2 aromatic rings. The molecule has 1 amide bonds. The predicted molar refractivity (Wildman–Crippen MR) is 99.7 cm³/mol. The van der Waals surface area contributed by atoms with E-state index in [4.69, 9.17) is 12.2 Å². The van der Waals surface area contributed by atoms with Gasteiger partial charge in [-0.3, -0.25) is 10.2 Å². The highest BCUT2D eigenvalue weighted by molar-refractivity contribution is 7.80. The van der Waals surface area contributed by atoms with Crippen LogP contribution in [0.2, 0.25) is 0 Å². The molecule has 0 radical (unpaired) electrons. The van der Waals surface area contributed by atoms with Gasteiger partial charge in [0, 0.05) is 24.2 Å². The van der Waals surface area contributed by atoms with Gasteiger partial charge in [0.2, 0.25) is 0 Å². The highest BCUT2D eigenvalue weighted by Gasteiger charge is 2.23. The van der Waals surface area contributed by atoms with E-state index in [9.17, 15) is 4.79 Å². The number of nitrogens with zero attached hydrogens (tertiary/aromatic N) is 1. The molecule has 0 saturated carbocycles. The zero-order chi connectivity index (χ0) is 16.9. The quantitative estimate of drug-likeness (QED) is 0.589. The van der Waals surface area contributed by atoms with Crippen molar-refractivity contribution in [2.75, 3.05) is 11.4 Å². The van der Waals surface area contributed by atoms with Crippen LogP contribution in [0.15, 0.2) is 54.6 Å². The number of carbonyl (C=O) groups is 1. The Kier molecular flexibility index (Phi) is 5.08. The lowest BCUT2D eigenvalue weighted by Gasteiger charge is -2.35. The van der Waals surface area contributed by atoms with E-state index in [1.54, 1.807) is 0 Å². The Labute approximate surface area is 147 Å². The minimum Gasteiger partial charge on any atom is -0.345 e. The number of amides is 1. The first kappa shape index (κ1) is 16.4. The third-order valence-corrected chi connectivity index (χ3v) is 4.26. The van der Waals surface area contributed by atoms with E-state index in [2.05, 4.69) is 21.1 Å². The Morgan fingerprint density at radius 2 is 1.88 bits per heavy atom. The van der Waals surface area contributed by atoms with Crippen LogP contribution in [-0.4, -0.2) is 23.7 Å². The number of hydrazine groups is 1. The molecule has 1 heterocycles. The van der Waals surface area contributed by atoms with E-state index in [1.165, 1.54) is 0 Å². The molecule has 6 heteroatoms. The maximum Gasteiger partial charge on any atom is 0.265 e. The Balaban J connectivity index is 1.52. The summed E-state index contributed by atoms with van der Waals surface area (Å²) >= 11 is 5.44. The van der Waals surface area contributed by atoms with Crippen LogP contribution < -0.4 is 21.1 Å². The van der Waals surface area contributed by atoms with E-state index >= 15 is 0 Å². The maximum absolute atomic E-state index is 12.1. The first-order valence-corrected chi connectivity index (χ1v) is 8.30. The van der Waals surface area contributed by atoms with E-state index in [0.29, 0.717) is 10.7 Å². The fraction of sp³-hybridized carbons (Fsp3) is 0.222. The standard InChI is InChI=1S/C18H20N4OS/c1-13-7-9-14(10-8-13)17(23)21-20-16-11-12-22(18(24)19-16)15-5-3-2-4-6-15/h2-10,16,20H,11-12H2,1H3,(H,19,24)(H,21,23). The summed E-state index contributed by atoms with van der Waals surface area (Å²) in [6.07, 6.45) is 0.718. The molecule has 5 nitrogen and oxygen atoms in total. The van der Waals surface area contributed by atoms with Crippen molar-refractivity contribution in [2.24, 2.45) is 0 Å². The van der Waals surface area contributed by atoms with E-state index in [1.807, 2.05) is 61.5 Å². The van der Waals surface area contributed by atoms with Gasteiger partial charge in [-0.2, -0.15) is 0 Å². The molecule has 1 aliphatic rings. The molecule has 124 valence electrons. The SMILES string of the molecule is Cc1ccc(C(=O)NNC2CCN(c3ccccc3)C(=S)N2)cc1. The van der Waals surface area contributed by atoms with Crippen LogP contribution >= 0.6 is 12.2 Å². The van der Waals surface area contributed by atoms with E-state index in [0.717, 1.165) is 24.2 Å². The van der Waals surface area contributed by atoms with Crippen LogP contribution in [0.3, 0.4) is 0 Å². The van der Waals surface area contributed by atoms with Crippen LogP contribution in [0.1, 0.15) is 22.3 Å². The van der Waals surface area contributed by atoms with Crippen LogP contribution in [0.5, 0.6) is 0 Å². The number of benzene rings is 2. The van der Waals surface area contributed by atoms with Crippen LogP contribution in [-0.2, 0) is 0 Å². The molecule has 0 aliphatic carbocycles. The van der Waals surface area contributed by atoms with Crippen molar-refractivity contribution in [3.8, 4) is 0 Å². The average molecular weight is 340 g/mol. The number of anilines is 1. The van der Waals surface area contributed by atoms with Crippen molar-refractivity contribution in [1.29, 1.82) is 0 Å². The number of carbonyl (C=O) groups excluding carboxylic acids is 1. The molecule has 0 aromatic heterocycles. The second kappa shape index (κ2) is 7.42. The van der Waals surface area contributed by atoms with Crippen molar-refractivity contribution in [3.63, 3.8) is 0 Å². The second-order valence-electron chi connectivity index (χ2n) is 5.74. The van der Waals surface area contributed by atoms with Crippen LogP contribution in [0.4, 0.5) is 5.69 Å². The molecular weight excluding hydrogens is 320 g/mol. The minimum atomic E-state index is -0.159. The van der Waals surface area contributed by atoms with Crippen molar-refractivity contribution >= 4 is 28.9 Å². The van der Waals surface area contributed by atoms with Gasteiger partial charge in [-0.1, -0.05) is 35.9 Å². The molecular formula is C18H20N4OS. The molecule has 3 N–H and O–H groups in total. The van der Waals surface area contributed by atoms with Gasteiger partial charge < -0.3 is 10.2 Å². The first-order chi connectivity index (χ1) is 11.6. The van der Waals surface area contributed by atoms with Crippen LogP contribution in [0.25, 0.3) is 0 Å². The zero-order valence-corrected chi connectivity index (χ0v) is 14.3. The lowest BCUT2D eigenvalue weighted by molar-refractivity contribution is 0.0921. The molecule has 3 rings (SSSR count). The van der Waals surface area contributed by atoms with Crippen molar-refractivity contribution in [1.82, 2.24) is 16.2 Å². The van der Waals surface area contributed by atoms with Crippen LogP contribution in [0, 0.1) is 6.92 Å². The number of rotatable bonds is 4. The lowest BCUT2D eigenvalue weighted by atomic mass is 10.1. The van der Waals surface area contributed by atoms with Gasteiger partial charge in [0.15, 0.2) is 5.11 Å². The fourth-order valence-electron chi connectivity index (χ4n) is 2.55. The summed E-state index contributed by atoms with van der Waals surface area (Å²) in [5, 5.41) is 3.86. The summed E-state index contributed by atoms with van der Waals surface area (Å²) in [7, 11) is 0. The Hall–Kier alpha value is -2.44. The first-order valence-electron chi connectivity index (χ1n) is 7.89.